The molecule has 56 heavy (non-hydrogen) atoms. The summed E-state index contributed by atoms with van der Waals surface area (Å²) in [5, 5.41) is 7.36. The lowest BCUT2D eigenvalue weighted by molar-refractivity contribution is 0.659. The molecule has 5 heteroatoms. The Morgan fingerprint density at radius 2 is 1.27 bits per heavy atom. The van der Waals surface area contributed by atoms with Gasteiger partial charge in [-0.3, -0.25) is 4.99 Å². The van der Waals surface area contributed by atoms with Crippen molar-refractivity contribution in [1.29, 1.82) is 0 Å². The normalized spacial score (nSPS) is 15.4. The SMILES string of the molecule is NC(NC(=NCc1ccc(-c2ccc3c(c2)C2(C4=C3C=CCN4)c3ccccc3N(c3ccccc3)c3ccccc32)cc1)c1ccccc1)c1ccccc1. The van der Waals surface area contributed by atoms with E-state index in [4.69, 9.17) is 10.7 Å². The van der Waals surface area contributed by atoms with E-state index in [0.29, 0.717) is 6.54 Å². The summed E-state index contributed by atoms with van der Waals surface area (Å²) in [6.45, 7) is 1.31. The van der Waals surface area contributed by atoms with Crippen LogP contribution in [0.25, 0.3) is 16.7 Å². The van der Waals surface area contributed by atoms with Crippen molar-refractivity contribution in [2.75, 3.05) is 11.4 Å². The first kappa shape index (κ1) is 33.6. The summed E-state index contributed by atoms with van der Waals surface area (Å²) in [5.41, 5.74) is 22.7. The highest BCUT2D eigenvalue weighted by Crippen LogP contribution is 2.62. The van der Waals surface area contributed by atoms with Crippen molar-refractivity contribution in [2.24, 2.45) is 10.7 Å². The summed E-state index contributed by atoms with van der Waals surface area (Å²) in [7, 11) is 0. The van der Waals surface area contributed by atoms with Gasteiger partial charge in [-0.15, -0.1) is 0 Å². The molecule has 3 aliphatic rings. The lowest BCUT2D eigenvalue weighted by Crippen LogP contribution is -2.41. The van der Waals surface area contributed by atoms with Crippen molar-refractivity contribution in [3.05, 3.63) is 239 Å². The molecule has 0 bridgehead atoms. The Bertz CT molecular complexity index is 2600. The molecule has 0 fully saturated rings. The third-order valence-corrected chi connectivity index (χ3v) is 11.4. The van der Waals surface area contributed by atoms with Crippen LogP contribution in [0.4, 0.5) is 17.1 Å². The van der Waals surface area contributed by atoms with Gasteiger partial charge in [0.25, 0.3) is 0 Å². The molecule has 0 amide bonds. The summed E-state index contributed by atoms with van der Waals surface area (Å²) < 4.78 is 0. The fourth-order valence-electron chi connectivity index (χ4n) is 8.82. The van der Waals surface area contributed by atoms with Crippen molar-refractivity contribution < 1.29 is 0 Å². The van der Waals surface area contributed by atoms with Crippen LogP contribution in [0.2, 0.25) is 0 Å². The fraction of sp³-hybridized carbons (Fsp3) is 0.0784. The van der Waals surface area contributed by atoms with Gasteiger partial charge in [0.2, 0.25) is 0 Å². The van der Waals surface area contributed by atoms with E-state index in [0.717, 1.165) is 34.8 Å². The van der Waals surface area contributed by atoms with Crippen LogP contribution in [0, 0.1) is 0 Å². The Hall–Kier alpha value is -6.95. The molecular weight excluding hydrogens is 683 g/mol. The van der Waals surface area contributed by atoms with E-state index in [1.165, 1.54) is 56.0 Å². The van der Waals surface area contributed by atoms with Gasteiger partial charge in [0.05, 0.1) is 23.3 Å². The van der Waals surface area contributed by atoms with Gasteiger partial charge in [0, 0.05) is 29.1 Å². The Labute approximate surface area is 328 Å². The molecule has 1 spiro atoms. The number of anilines is 3. The summed E-state index contributed by atoms with van der Waals surface area (Å²) in [5.74, 6) is 0.771. The van der Waals surface area contributed by atoms with E-state index >= 15 is 0 Å². The lowest BCUT2D eigenvalue weighted by atomic mass is 9.65. The van der Waals surface area contributed by atoms with Crippen LogP contribution < -0.4 is 21.3 Å². The van der Waals surface area contributed by atoms with Gasteiger partial charge in [-0.25, -0.2) is 0 Å². The van der Waals surface area contributed by atoms with Gasteiger partial charge in [0.15, 0.2) is 0 Å². The maximum Gasteiger partial charge on any atom is 0.130 e. The molecule has 1 unspecified atom stereocenters. The standard InChI is InChI=1S/C51H41N5/c52-49(37-15-4-1-5-16-37)55-50(38-17-6-2-7-18-38)54-34-35-26-28-36(29-27-35)39-30-31-41-42-21-14-32-53-48(42)51(45(41)33-39)43-22-10-12-24-46(43)56(40-19-8-3-9-20-40)47-25-13-11-23-44(47)51/h1-31,33,49,53H,32,34,52H2,(H,54,55). The largest absolute Gasteiger partial charge is 0.383 e. The smallest absolute Gasteiger partial charge is 0.130 e. The fourth-order valence-corrected chi connectivity index (χ4v) is 8.82. The third kappa shape index (κ3) is 5.55. The number of allylic oxidation sites excluding steroid dienone is 3. The molecule has 0 saturated carbocycles. The second kappa shape index (κ2) is 14.0. The number of nitrogens with one attached hydrogen (secondary N) is 2. The predicted octanol–water partition coefficient (Wildman–Crippen LogP) is 10.5. The number of para-hydroxylation sites is 3. The first-order chi connectivity index (χ1) is 27.7. The Kier molecular flexibility index (Phi) is 8.42. The van der Waals surface area contributed by atoms with Crippen LogP contribution in [0.15, 0.2) is 205 Å². The van der Waals surface area contributed by atoms with Crippen LogP contribution in [-0.2, 0) is 12.0 Å². The van der Waals surface area contributed by atoms with E-state index in [-0.39, 0.29) is 6.17 Å². The Morgan fingerprint density at radius 3 is 1.96 bits per heavy atom. The summed E-state index contributed by atoms with van der Waals surface area (Å²) in [6, 6.07) is 64.8. The predicted molar refractivity (Wildman–Crippen MR) is 230 cm³/mol. The van der Waals surface area contributed by atoms with Gasteiger partial charge < -0.3 is 21.3 Å². The number of fused-ring (bicyclic) bond motifs is 8. The minimum absolute atomic E-state index is 0.379. The van der Waals surface area contributed by atoms with Crippen molar-refractivity contribution in [1.82, 2.24) is 10.6 Å². The van der Waals surface area contributed by atoms with Crippen LogP contribution >= 0.6 is 0 Å². The highest BCUT2D eigenvalue weighted by Gasteiger charge is 2.53. The molecule has 10 rings (SSSR count). The maximum atomic E-state index is 6.60. The van der Waals surface area contributed by atoms with E-state index in [1.54, 1.807) is 0 Å². The molecular formula is C51H41N5. The highest BCUT2D eigenvalue weighted by atomic mass is 15.2. The number of aliphatic imine (C=N–C) groups is 1. The van der Waals surface area contributed by atoms with Gasteiger partial charge in [0.1, 0.15) is 12.0 Å². The van der Waals surface area contributed by atoms with E-state index in [2.05, 4.69) is 161 Å². The molecule has 7 aromatic carbocycles. The molecule has 4 N–H and O–H groups in total. The average molecular weight is 724 g/mol. The average Bonchev–Trinajstić information content (AvgIpc) is 3.56. The Morgan fingerprint density at radius 1 is 0.661 bits per heavy atom. The number of nitrogens with two attached hydrogens (primary N) is 1. The number of benzene rings is 7. The number of rotatable bonds is 7. The molecule has 5 nitrogen and oxygen atoms in total. The van der Waals surface area contributed by atoms with Crippen LogP contribution in [0.5, 0.6) is 0 Å². The molecule has 0 saturated heterocycles. The molecule has 0 aromatic heterocycles. The molecule has 1 atom stereocenters. The molecule has 7 aromatic rings. The minimum atomic E-state index is -0.514. The zero-order valence-corrected chi connectivity index (χ0v) is 30.9. The lowest BCUT2D eigenvalue weighted by Gasteiger charge is -2.46. The monoisotopic (exact) mass is 723 g/mol. The van der Waals surface area contributed by atoms with Gasteiger partial charge >= 0.3 is 0 Å². The van der Waals surface area contributed by atoms with Gasteiger partial charge in [-0.2, -0.15) is 0 Å². The maximum absolute atomic E-state index is 6.60. The molecule has 2 aliphatic heterocycles. The summed E-state index contributed by atoms with van der Waals surface area (Å²) in [6.07, 6.45) is 4.17. The first-order valence-corrected chi connectivity index (χ1v) is 19.3. The van der Waals surface area contributed by atoms with Crippen molar-refractivity contribution in [3.63, 3.8) is 0 Å². The van der Waals surface area contributed by atoms with Crippen molar-refractivity contribution >= 4 is 28.5 Å². The minimum Gasteiger partial charge on any atom is -0.383 e. The highest BCUT2D eigenvalue weighted by molar-refractivity contribution is 5.99. The topological polar surface area (TPSA) is 65.7 Å². The number of hydrogen-bond acceptors (Lipinski definition) is 4. The molecule has 1 aliphatic carbocycles. The Balaban J connectivity index is 1.04. The summed E-state index contributed by atoms with van der Waals surface area (Å²) >= 11 is 0. The van der Waals surface area contributed by atoms with Crippen LogP contribution in [-0.4, -0.2) is 12.4 Å². The van der Waals surface area contributed by atoms with Gasteiger partial charge in [-0.05, 0) is 74.8 Å². The van der Waals surface area contributed by atoms with Crippen molar-refractivity contribution in [3.8, 4) is 11.1 Å². The first-order valence-electron chi connectivity index (χ1n) is 19.3. The van der Waals surface area contributed by atoms with E-state index in [9.17, 15) is 0 Å². The number of amidine groups is 1. The molecule has 270 valence electrons. The van der Waals surface area contributed by atoms with Gasteiger partial charge in [-0.1, -0.05) is 164 Å². The number of dihydropyridines is 1. The number of hydrogen-bond donors (Lipinski definition) is 3. The molecule has 0 radical (unpaired) electrons. The molecule has 2 heterocycles. The second-order valence-electron chi connectivity index (χ2n) is 14.5. The zero-order chi connectivity index (χ0) is 37.5. The van der Waals surface area contributed by atoms with E-state index < -0.39 is 5.41 Å². The van der Waals surface area contributed by atoms with Crippen molar-refractivity contribution in [2.45, 2.75) is 18.1 Å². The zero-order valence-electron chi connectivity index (χ0n) is 30.9. The summed E-state index contributed by atoms with van der Waals surface area (Å²) in [4.78, 5) is 7.47. The van der Waals surface area contributed by atoms with E-state index in [1.807, 2.05) is 48.5 Å². The van der Waals surface area contributed by atoms with Crippen LogP contribution in [0.1, 0.15) is 45.1 Å². The third-order valence-electron chi connectivity index (χ3n) is 11.4. The second-order valence-corrected chi connectivity index (χ2v) is 14.5. The van der Waals surface area contributed by atoms with Crippen LogP contribution in [0.3, 0.4) is 0 Å². The number of nitrogens with zero attached hydrogens (tertiary/aromatic N) is 2. The quantitative estimate of drug-likeness (QED) is 0.0870.